The molecule has 0 aliphatic carbocycles. The van der Waals surface area contributed by atoms with Crippen molar-refractivity contribution in [3.05, 3.63) is 12.7 Å². The Labute approximate surface area is 373 Å². The van der Waals surface area contributed by atoms with Crippen molar-refractivity contribution >= 4 is 69.1 Å². The number of fused-ring (bicyclic) bond motifs is 1. The Hall–Kier alpha value is -0.648. The van der Waals surface area contributed by atoms with E-state index in [-0.39, 0.29) is 98.2 Å². The standard InChI is InChI=1S/C27H46N7O17P3S.3Li/c1-4-5-6-7-18(36)55-11-10-29-17(35)8-9-30-25(39)22(38)27(2,3)13-48-54(45,46)51-53(43,44)47-12-16-21(50-52(40,41)42)20(37)26(49-16)34-15-33-19-23(28)31-14-32-24(19)34;;;/h14-16,20-22,26,37-38H,4-13H2,1-3H3,(H,29,35)(H,30,39)(H,43,44)(H,45,46)(H2,28,31,32)(H2,40,41,42);;;/q;3*+1/p-3. The first-order chi connectivity index (χ1) is 25.6. The van der Waals surface area contributed by atoms with E-state index >= 15 is 0 Å². The predicted molar refractivity (Wildman–Crippen MR) is 185 cm³/mol. The van der Waals surface area contributed by atoms with Gasteiger partial charge in [0.1, 0.15) is 36.3 Å². The molecule has 8 atom stereocenters. The average molecular weight is 883 g/mol. The largest absolute Gasteiger partial charge is 1.00 e. The minimum atomic E-state index is -5.89. The van der Waals surface area contributed by atoms with Gasteiger partial charge in [-0.2, -0.15) is 0 Å². The van der Waals surface area contributed by atoms with Gasteiger partial charge >= 0.3 is 56.6 Å². The first kappa shape index (κ1) is 57.4. The molecular formula is C27H43Li3N7O17P3S. The molecule has 8 unspecified atom stereocenters. The molecule has 2 aromatic heterocycles. The van der Waals surface area contributed by atoms with Gasteiger partial charge in [0.15, 0.2) is 22.8 Å². The number of phosphoric ester groups is 3. The van der Waals surface area contributed by atoms with Crippen LogP contribution in [0.5, 0.6) is 0 Å². The van der Waals surface area contributed by atoms with Crippen LogP contribution in [0.3, 0.4) is 0 Å². The molecule has 2 amide bonds. The van der Waals surface area contributed by atoms with Gasteiger partial charge < -0.3 is 64.5 Å². The summed E-state index contributed by atoms with van der Waals surface area (Å²) in [6, 6.07) is 0. The van der Waals surface area contributed by atoms with Crippen molar-refractivity contribution in [2.45, 2.75) is 83.5 Å². The summed E-state index contributed by atoms with van der Waals surface area (Å²) in [5.41, 5.74) is 4.12. The number of hydrogen-bond acceptors (Lipinski definition) is 21. The van der Waals surface area contributed by atoms with Crippen molar-refractivity contribution in [2.75, 3.05) is 37.8 Å². The number of unbranched alkanes of at least 4 members (excludes halogenated alkanes) is 2. The van der Waals surface area contributed by atoms with Crippen LogP contribution in [0, 0.1) is 5.41 Å². The number of nitrogen functional groups attached to an aromatic ring is 1. The molecule has 312 valence electrons. The number of nitrogens with one attached hydrogen (secondary N) is 2. The van der Waals surface area contributed by atoms with Crippen molar-refractivity contribution in [2.24, 2.45) is 5.41 Å². The number of aliphatic hydroxyl groups excluding tert-OH is 2. The Morgan fingerprint density at radius 3 is 2.33 bits per heavy atom. The van der Waals surface area contributed by atoms with Crippen molar-refractivity contribution in [1.29, 1.82) is 0 Å². The van der Waals surface area contributed by atoms with E-state index in [1.54, 1.807) is 0 Å². The fourth-order valence-corrected chi connectivity index (χ4v) is 8.33. The average Bonchev–Trinajstić information content (AvgIpc) is 3.64. The van der Waals surface area contributed by atoms with Crippen molar-refractivity contribution in [1.82, 2.24) is 30.2 Å². The van der Waals surface area contributed by atoms with E-state index in [4.69, 9.17) is 10.5 Å². The molecule has 24 nitrogen and oxygen atoms in total. The third kappa shape index (κ3) is 18.4. The molecular weight excluding hydrogens is 840 g/mol. The van der Waals surface area contributed by atoms with Crippen molar-refractivity contribution in [3.63, 3.8) is 0 Å². The van der Waals surface area contributed by atoms with Gasteiger partial charge in [-0.25, -0.2) is 19.3 Å². The summed E-state index contributed by atoms with van der Waals surface area (Å²) < 4.78 is 60.8. The Morgan fingerprint density at radius 1 is 1.03 bits per heavy atom. The molecule has 1 saturated heterocycles. The number of carbonyl (C=O) groups excluding carboxylic acids is 3. The smallest absolute Gasteiger partial charge is 0.756 e. The topological polar surface area (TPSA) is 372 Å². The molecule has 7 N–H and O–H groups in total. The van der Waals surface area contributed by atoms with E-state index in [1.807, 2.05) is 6.92 Å². The predicted octanol–water partition coefficient (Wildman–Crippen LogP) is -10.6. The fourth-order valence-electron chi connectivity index (χ4n) is 4.87. The fraction of sp³-hybridized carbons (Fsp3) is 0.704. The summed E-state index contributed by atoms with van der Waals surface area (Å²) >= 11 is 1.11. The Kier molecular flexibility index (Phi) is 25.2. The number of carbonyl (C=O) groups is 3. The van der Waals surface area contributed by atoms with Gasteiger partial charge in [0.05, 0.1) is 19.5 Å². The number of nitrogens with two attached hydrogens (primary N) is 1. The van der Waals surface area contributed by atoms with E-state index in [0.29, 0.717) is 12.2 Å². The number of aliphatic hydroxyl groups is 2. The first-order valence-electron chi connectivity index (χ1n) is 16.5. The van der Waals surface area contributed by atoms with Gasteiger partial charge in [0.2, 0.25) is 11.8 Å². The summed E-state index contributed by atoms with van der Waals surface area (Å²) in [7, 11) is -17.3. The third-order valence-corrected chi connectivity index (χ3v) is 11.7. The zero-order valence-corrected chi connectivity index (χ0v) is 36.3. The molecule has 0 bridgehead atoms. The number of imidazole rings is 1. The molecule has 0 radical (unpaired) electrons. The zero-order valence-electron chi connectivity index (χ0n) is 32.8. The first-order valence-corrected chi connectivity index (χ1v) is 22.0. The summed E-state index contributed by atoms with van der Waals surface area (Å²) in [6.07, 6.45) is -4.13. The number of hydrogen-bond donors (Lipinski definition) is 6. The Balaban J connectivity index is 0.0000108. The van der Waals surface area contributed by atoms with E-state index in [0.717, 1.165) is 48.2 Å². The molecule has 58 heavy (non-hydrogen) atoms. The van der Waals surface area contributed by atoms with Gasteiger partial charge in [-0.1, -0.05) is 45.4 Å². The van der Waals surface area contributed by atoms with Crippen LogP contribution < -0.4 is 87.6 Å². The number of rotatable bonds is 23. The van der Waals surface area contributed by atoms with Crippen LogP contribution >= 0.6 is 35.2 Å². The molecule has 0 spiro atoms. The number of aromatic nitrogens is 4. The van der Waals surface area contributed by atoms with E-state index < -0.39 is 84.6 Å². The number of thioether (sulfide) groups is 1. The van der Waals surface area contributed by atoms with Gasteiger partial charge in [-0.15, -0.1) is 0 Å². The molecule has 1 aliphatic rings. The Morgan fingerprint density at radius 2 is 1.69 bits per heavy atom. The summed E-state index contributed by atoms with van der Waals surface area (Å²) in [5, 5.41) is 26.3. The van der Waals surface area contributed by atoms with Crippen LogP contribution in [-0.4, -0.2) is 108 Å². The van der Waals surface area contributed by atoms with Crippen LogP contribution in [0.15, 0.2) is 12.7 Å². The maximum atomic E-state index is 12.5. The molecule has 0 saturated carbocycles. The molecule has 2 aromatic rings. The van der Waals surface area contributed by atoms with Crippen LogP contribution in [0.25, 0.3) is 11.2 Å². The Bertz CT molecular complexity index is 1800. The quantitative estimate of drug-likeness (QED) is 0.0343. The molecule has 1 fully saturated rings. The van der Waals surface area contributed by atoms with Gasteiger partial charge in [-0.3, -0.25) is 32.6 Å². The number of nitrogens with zero attached hydrogens (tertiary/aromatic N) is 4. The maximum absolute atomic E-state index is 12.5. The number of phosphoric acid groups is 3. The third-order valence-electron chi connectivity index (χ3n) is 7.73. The zero-order chi connectivity index (χ0) is 41.2. The summed E-state index contributed by atoms with van der Waals surface area (Å²) in [5.74, 6) is -1.13. The second-order valence-corrected chi connectivity index (χ2v) is 17.9. The normalized spacial score (nSPS) is 21.5. The monoisotopic (exact) mass is 883 g/mol. The second kappa shape index (κ2) is 25.5. The SMILES string of the molecule is CCCCCC(=O)SCCNC(=O)CCNC(=O)C(O)C(C)(C)COP(=O)([O-])OP(=O)([O-])OCC1OC(n2cnc3c(N)ncnc32)C(O)C1OP(=O)([O-])O.[Li+].[Li+].[Li+]. The van der Waals surface area contributed by atoms with Crippen LogP contribution in [-0.2, 0) is 50.7 Å². The van der Waals surface area contributed by atoms with Crippen LogP contribution in [0.1, 0.15) is 59.1 Å². The molecule has 3 rings (SSSR count). The summed E-state index contributed by atoms with van der Waals surface area (Å²) in [6.45, 7) is 2.23. The summed E-state index contributed by atoms with van der Waals surface area (Å²) in [4.78, 5) is 93.7. The van der Waals surface area contributed by atoms with Crippen molar-refractivity contribution < 1.29 is 137 Å². The molecule has 31 heteroatoms. The van der Waals surface area contributed by atoms with Crippen LogP contribution in [0.4, 0.5) is 5.82 Å². The van der Waals surface area contributed by atoms with Crippen LogP contribution in [0.2, 0.25) is 0 Å². The van der Waals surface area contributed by atoms with Gasteiger partial charge in [0.25, 0.3) is 23.5 Å². The van der Waals surface area contributed by atoms with E-state index in [1.165, 1.54) is 13.8 Å². The second-order valence-electron chi connectivity index (χ2n) is 12.7. The molecule has 3 heterocycles. The number of ether oxygens (including phenoxy) is 1. The minimum absolute atomic E-state index is 0. The van der Waals surface area contributed by atoms with Crippen molar-refractivity contribution in [3.8, 4) is 0 Å². The number of amides is 2. The van der Waals surface area contributed by atoms with E-state index in [9.17, 15) is 57.9 Å². The number of anilines is 1. The van der Waals surface area contributed by atoms with Gasteiger partial charge in [0, 0.05) is 37.1 Å². The molecule has 1 aliphatic heterocycles. The van der Waals surface area contributed by atoms with Gasteiger partial charge in [-0.05, 0) is 6.42 Å². The molecule has 0 aromatic carbocycles. The maximum Gasteiger partial charge on any atom is 1.00 e. The minimum Gasteiger partial charge on any atom is -0.756 e. The van der Waals surface area contributed by atoms with E-state index in [2.05, 4.69) is 43.5 Å².